The van der Waals surface area contributed by atoms with Gasteiger partial charge in [-0.15, -0.1) is 0 Å². The number of hydrogen-bond donors (Lipinski definition) is 0. The Morgan fingerprint density at radius 3 is 2.69 bits per heavy atom. The summed E-state index contributed by atoms with van der Waals surface area (Å²) >= 11 is 0. The number of fused-ring (bicyclic) bond motifs is 1. The van der Waals surface area contributed by atoms with Gasteiger partial charge in [-0.25, -0.2) is 4.39 Å². The van der Waals surface area contributed by atoms with Gasteiger partial charge in [0.25, 0.3) is 0 Å². The average molecular weight is 390 g/mol. The smallest absolute Gasteiger partial charge is 0.231 e. The van der Waals surface area contributed by atoms with Gasteiger partial charge in [0.05, 0.1) is 12.7 Å². The maximum absolute atomic E-state index is 13.4. The lowest BCUT2D eigenvalue weighted by molar-refractivity contribution is 0.101. The number of rotatable bonds is 5. The number of Topliss-reactive ketones (excluding diaryl/α,β-unsaturated/α-hetero) is 1. The van der Waals surface area contributed by atoms with Gasteiger partial charge in [-0.2, -0.15) is 0 Å². The lowest BCUT2D eigenvalue weighted by atomic mass is 10.1. The summed E-state index contributed by atoms with van der Waals surface area (Å²) < 4.78 is 30.4. The molecule has 0 N–H and O–H groups in total. The standard InChI is InChI=1S/C24H19FO4/c1-15-21(28-14-17-6-4-8-19(12-17)27-2)10-9-20-23(26)22(29-24(15)20)13-16-5-3-7-18(25)11-16/h3-13H,14H2,1-2H3/b22-13-. The lowest BCUT2D eigenvalue weighted by Crippen LogP contribution is -1.99. The summed E-state index contributed by atoms with van der Waals surface area (Å²) in [6.07, 6.45) is 1.54. The van der Waals surface area contributed by atoms with E-state index in [4.69, 9.17) is 14.2 Å². The Morgan fingerprint density at radius 1 is 1.07 bits per heavy atom. The van der Waals surface area contributed by atoms with Crippen molar-refractivity contribution < 1.29 is 23.4 Å². The zero-order valence-corrected chi connectivity index (χ0v) is 16.1. The lowest BCUT2D eigenvalue weighted by Gasteiger charge is -2.12. The molecule has 3 aromatic rings. The minimum absolute atomic E-state index is 0.165. The molecule has 0 aromatic heterocycles. The van der Waals surface area contributed by atoms with Crippen LogP contribution in [0.5, 0.6) is 17.2 Å². The second-order valence-corrected chi connectivity index (χ2v) is 6.70. The van der Waals surface area contributed by atoms with E-state index in [0.29, 0.717) is 29.2 Å². The van der Waals surface area contributed by atoms with Gasteiger partial charge in [-0.3, -0.25) is 4.79 Å². The van der Waals surface area contributed by atoms with Crippen LogP contribution in [0.2, 0.25) is 0 Å². The van der Waals surface area contributed by atoms with Crippen molar-refractivity contribution in [2.45, 2.75) is 13.5 Å². The highest BCUT2D eigenvalue weighted by molar-refractivity contribution is 6.14. The molecule has 1 aliphatic heterocycles. The summed E-state index contributed by atoms with van der Waals surface area (Å²) in [4.78, 5) is 12.7. The number of benzene rings is 3. The second kappa shape index (κ2) is 7.80. The van der Waals surface area contributed by atoms with Gasteiger partial charge in [0.2, 0.25) is 5.78 Å². The van der Waals surface area contributed by atoms with Crippen LogP contribution in [0.15, 0.2) is 66.4 Å². The quantitative estimate of drug-likeness (QED) is 0.552. The predicted octanol–water partition coefficient (Wildman–Crippen LogP) is 5.34. The molecule has 0 atom stereocenters. The van der Waals surface area contributed by atoms with Gasteiger partial charge in [0.15, 0.2) is 5.76 Å². The third-order valence-corrected chi connectivity index (χ3v) is 4.71. The molecule has 0 fully saturated rings. The van der Waals surface area contributed by atoms with Crippen LogP contribution in [0.4, 0.5) is 4.39 Å². The number of ketones is 1. The van der Waals surface area contributed by atoms with Crippen LogP contribution in [0.1, 0.15) is 27.0 Å². The van der Waals surface area contributed by atoms with Gasteiger partial charge < -0.3 is 14.2 Å². The Labute approximate surface area is 168 Å². The van der Waals surface area contributed by atoms with Crippen LogP contribution < -0.4 is 14.2 Å². The first-order valence-corrected chi connectivity index (χ1v) is 9.14. The van der Waals surface area contributed by atoms with Crippen molar-refractivity contribution in [2.24, 2.45) is 0 Å². The molecule has 0 saturated carbocycles. The Hall–Kier alpha value is -3.60. The molecule has 146 valence electrons. The molecule has 1 aliphatic rings. The zero-order valence-electron chi connectivity index (χ0n) is 16.1. The predicted molar refractivity (Wildman–Crippen MR) is 108 cm³/mol. The molecule has 0 unspecified atom stereocenters. The minimum atomic E-state index is -0.369. The molecule has 0 bridgehead atoms. The molecule has 0 saturated heterocycles. The van der Waals surface area contributed by atoms with E-state index in [1.54, 1.807) is 37.5 Å². The van der Waals surface area contributed by atoms with Gasteiger partial charge in [-0.05, 0) is 60.5 Å². The van der Waals surface area contributed by atoms with Crippen molar-refractivity contribution in [3.05, 3.63) is 94.5 Å². The Morgan fingerprint density at radius 2 is 1.90 bits per heavy atom. The van der Waals surface area contributed by atoms with Gasteiger partial charge in [-0.1, -0.05) is 24.3 Å². The van der Waals surface area contributed by atoms with E-state index in [1.165, 1.54) is 12.1 Å². The van der Waals surface area contributed by atoms with Crippen molar-refractivity contribution in [1.82, 2.24) is 0 Å². The number of methoxy groups -OCH3 is 1. The summed E-state index contributed by atoms with van der Waals surface area (Å²) in [7, 11) is 1.62. The van der Waals surface area contributed by atoms with Crippen LogP contribution in [0, 0.1) is 12.7 Å². The fraction of sp³-hybridized carbons (Fsp3) is 0.125. The monoisotopic (exact) mass is 390 g/mol. The molecule has 0 radical (unpaired) electrons. The fourth-order valence-electron chi connectivity index (χ4n) is 3.20. The van der Waals surface area contributed by atoms with E-state index < -0.39 is 0 Å². The molecule has 4 rings (SSSR count). The number of carbonyl (C=O) groups excluding carboxylic acids is 1. The summed E-state index contributed by atoms with van der Waals surface area (Å²) in [5.74, 6) is 1.43. The van der Waals surface area contributed by atoms with Crippen LogP contribution in [-0.2, 0) is 6.61 Å². The summed E-state index contributed by atoms with van der Waals surface area (Å²) in [6.45, 7) is 2.20. The first kappa shape index (κ1) is 18.7. The van der Waals surface area contributed by atoms with E-state index >= 15 is 0 Å². The van der Waals surface area contributed by atoms with Gasteiger partial charge >= 0.3 is 0 Å². The van der Waals surface area contributed by atoms with Crippen LogP contribution in [-0.4, -0.2) is 12.9 Å². The minimum Gasteiger partial charge on any atom is -0.497 e. The van der Waals surface area contributed by atoms with Gasteiger partial charge in [0, 0.05) is 5.56 Å². The normalized spacial score (nSPS) is 13.9. The van der Waals surface area contributed by atoms with E-state index in [0.717, 1.165) is 16.9 Å². The second-order valence-electron chi connectivity index (χ2n) is 6.70. The molecular weight excluding hydrogens is 371 g/mol. The molecule has 0 aliphatic carbocycles. The first-order valence-electron chi connectivity index (χ1n) is 9.14. The van der Waals surface area contributed by atoms with Crippen LogP contribution in [0.25, 0.3) is 6.08 Å². The Bertz CT molecular complexity index is 1120. The fourth-order valence-corrected chi connectivity index (χ4v) is 3.20. The molecule has 3 aromatic carbocycles. The highest BCUT2D eigenvalue weighted by Gasteiger charge is 2.30. The number of hydrogen-bond acceptors (Lipinski definition) is 4. The molecule has 0 amide bonds. The zero-order chi connectivity index (χ0) is 20.4. The number of halogens is 1. The van der Waals surface area contributed by atoms with Crippen molar-refractivity contribution in [3.63, 3.8) is 0 Å². The van der Waals surface area contributed by atoms with Crippen molar-refractivity contribution in [2.75, 3.05) is 7.11 Å². The third-order valence-electron chi connectivity index (χ3n) is 4.71. The molecule has 0 spiro atoms. The topological polar surface area (TPSA) is 44.8 Å². The molecule has 29 heavy (non-hydrogen) atoms. The van der Waals surface area contributed by atoms with Crippen LogP contribution >= 0.6 is 0 Å². The van der Waals surface area contributed by atoms with E-state index in [2.05, 4.69) is 0 Å². The van der Waals surface area contributed by atoms with Crippen molar-refractivity contribution in [1.29, 1.82) is 0 Å². The Balaban J connectivity index is 1.56. The number of allylic oxidation sites excluding steroid dienone is 1. The SMILES string of the molecule is COc1cccc(COc2ccc3c(c2C)O/C(=C\c2cccc(F)c2)C3=O)c1. The van der Waals surface area contributed by atoms with Crippen molar-refractivity contribution in [3.8, 4) is 17.2 Å². The van der Waals surface area contributed by atoms with Crippen LogP contribution in [0.3, 0.4) is 0 Å². The van der Waals surface area contributed by atoms with E-state index in [-0.39, 0.29) is 17.4 Å². The number of ether oxygens (including phenoxy) is 3. The molecular formula is C24H19FO4. The van der Waals surface area contributed by atoms with Gasteiger partial charge in [0.1, 0.15) is 29.7 Å². The highest BCUT2D eigenvalue weighted by atomic mass is 19.1. The number of carbonyl (C=O) groups is 1. The van der Waals surface area contributed by atoms with E-state index in [1.807, 2.05) is 31.2 Å². The largest absolute Gasteiger partial charge is 0.497 e. The highest BCUT2D eigenvalue weighted by Crippen LogP contribution is 2.39. The third kappa shape index (κ3) is 3.85. The maximum Gasteiger partial charge on any atom is 0.231 e. The maximum atomic E-state index is 13.4. The molecule has 1 heterocycles. The van der Waals surface area contributed by atoms with Crippen molar-refractivity contribution >= 4 is 11.9 Å². The summed E-state index contributed by atoms with van der Waals surface area (Å²) in [6, 6.07) is 17.1. The molecule has 4 nitrogen and oxygen atoms in total. The Kier molecular flexibility index (Phi) is 5.04. The molecule has 5 heteroatoms. The summed E-state index contributed by atoms with van der Waals surface area (Å²) in [5.41, 5.74) is 2.74. The first-order chi connectivity index (χ1) is 14.0. The van der Waals surface area contributed by atoms with E-state index in [9.17, 15) is 9.18 Å². The average Bonchev–Trinajstić information content (AvgIpc) is 3.04. The summed E-state index contributed by atoms with van der Waals surface area (Å²) in [5, 5.41) is 0.